The molecule has 21 heavy (non-hydrogen) atoms. The molecule has 0 aliphatic carbocycles. The maximum absolute atomic E-state index is 5.47. The van der Waals surface area contributed by atoms with Crippen molar-refractivity contribution < 1.29 is 14.2 Å². The van der Waals surface area contributed by atoms with E-state index in [0.717, 1.165) is 31.9 Å². The van der Waals surface area contributed by atoms with Crippen LogP contribution in [0.15, 0.2) is 18.3 Å². The number of aromatic nitrogens is 1. The molecule has 1 saturated heterocycles. The molecular weight excluding hydrogens is 270 g/mol. The maximum atomic E-state index is 5.47. The molecule has 0 aromatic carbocycles. The Balaban J connectivity index is 1.73. The highest BCUT2D eigenvalue weighted by Crippen LogP contribution is 2.14. The van der Waals surface area contributed by atoms with Gasteiger partial charge in [0.25, 0.3) is 0 Å². The van der Waals surface area contributed by atoms with Crippen molar-refractivity contribution in [1.82, 2.24) is 10.3 Å². The van der Waals surface area contributed by atoms with E-state index in [0.29, 0.717) is 31.2 Å². The summed E-state index contributed by atoms with van der Waals surface area (Å²) in [5, 5.41) is 6.91. The zero-order valence-electron chi connectivity index (χ0n) is 12.8. The van der Waals surface area contributed by atoms with Crippen LogP contribution in [0, 0.1) is 0 Å². The number of hydrogen-bond donors (Lipinski definition) is 2. The van der Waals surface area contributed by atoms with E-state index in [1.165, 1.54) is 0 Å². The minimum atomic E-state index is 0.353. The van der Waals surface area contributed by atoms with Crippen LogP contribution in [-0.2, 0) is 9.47 Å². The summed E-state index contributed by atoms with van der Waals surface area (Å²) in [6.07, 6.45) is 2.82. The molecule has 0 radical (unpaired) electrons. The summed E-state index contributed by atoms with van der Waals surface area (Å²) in [5.74, 6) is 0.618. The first-order valence-corrected chi connectivity index (χ1v) is 7.43. The first kappa shape index (κ1) is 16.0. The van der Waals surface area contributed by atoms with Gasteiger partial charge >= 0.3 is 0 Å². The second-order valence-corrected chi connectivity index (χ2v) is 5.23. The summed E-state index contributed by atoms with van der Waals surface area (Å²) in [7, 11) is 1.65. The standard InChI is InChI=1S/C15H25N3O3/c1-12(9-14-11-20-6-5-16-14)18-13-3-4-15(17-10-13)21-8-7-19-2/h3-4,10,12,14,16,18H,5-9,11H2,1-2H3. The van der Waals surface area contributed by atoms with E-state index in [2.05, 4.69) is 22.5 Å². The molecule has 118 valence electrons. The van der Waals surface area contributed by atoms with Crippen LogP contribution in [0.3, 0.4) is 0 Å². The van der Waals surface area contributed by atoms with Crippen molar-refractivity contribution in [3.05, 3.63) is 18.3 Å². The van der Waals surface area contributed by atoms with Crippen molar-refractivity contribution in [2.24, 2.45) is 0 Å². The molecule has 2 N–H and O–H groups in total. The number of morpholine rings is 1. The van der Waals surface area contributed by atoms with Crippen LogP contribution in [-0.4, -0.2) is 57.1 Å². The van der Waals surface area contributed by atoms with Gasteiger partial charge in [-0.25, -0.2) is 4.98 Å². The van der Waals surface area contributed by atoms with Crippen LogP contribution in [0.1, 0.15) is 13.3 Å². The lowest BCUT2D eigenvalue weighted by molar-refractivity contribution is 0.0731. The molecule has 0 amide bonds. The van der Waals surface area contributed by atoms with Gasteiger partial charge in [-0.2, -0.15) is 0 Å². The molecule has 0 saturated carbocycles. The van der Waals surface area contributed by atoms with Crippen LogP contribution in [0.2, 0.25) is 0 Å². The number of hydrogen-bond acceptors (Lipinski definition) is 6. The van der Waals surface area contributed by atoms with Gasteiger partial charge in [0.1, 0.15) is 6.61 Å². The Bertz CT molecular complexity index is 394. The van der Waals surface area contributed by atoms with Gasteiger partial charge in [-0.05, 0) is 19.4 Å². The third-order valence-electron chi connectivity index (χ3n) is 3.32. The average molecular weight is 295 g/mol. The molecule has 2 heterocycles. The molecule has 1 aliphatic rings. The van der Waals surface area contributed by atoms with Crippen molar-refractivity contribution in [3.63, 3.8) is 0 Å². The lowest BCUT2D eigenvalue weighted by Crippen LogP contribution is -2.43. The smallest absolute Gasteiger partial charge is 0.213 e. The number of ether oxygens (including phenoxy) is 3. The van der Waals surface area contributed by atoms with Crippen molar-refractivity contribution in [1.29, 1.82) is 0 Å². The fourth-order valence-corrected chi connectivity index (χ4v) is 2.32. The summed E-state index contributed by atoms with van der Waals surface area (Å²) < 4.78 is 15.8. The number of nitrogens with zero attached hydrogens (tertiary/aromatic N) is 1. The normalized spacial score (nSPS) is 20.0. The Morgan fingerprint density at radius 3 is 3.05 bits per heavy atom. The van der Waals surface area contributed by atoms with E-state index in [9.17, 15) is 0 Å². The van der Waals surface area contributed by atoms with Crippen molar-refractivity contribution in [2.45, 2.75) is 25.4 Å². The SMILES string of the molecule is COCCOc1ccc(NC(C)CC2COCCN2)cn1. The van der Waals surface area contributed by atoms with Crippen LogP contribution in [0.4, 0.5) is 5.69 Å². The van der Waals surface area contributed by atoms with Gasteiger partial charge in [0, 0.05) is 31.8 Å². The van der Waals surface area contributed by atoms with Crippen molar-refractivity contribution in [3.8, 4) is 5.88 Å². The number of anilines is 1. The average Bonchev–Trinajstić information content (AvgIpc) is 2.50. The van der Waals surface area contributed by atoms with E-state index < -0.39 is 0 Å². The van der Waals surface area contributed by atoms with Gasteiger partial charge in [0.15, 0.2) is 0 Å². The Hall–Kier alpha value is -1.37. The quantitative estimate of drug-likeness (QED) is 0.705. The third kappa shape index (κ3) is 5.87. The highest BCUT2D eigenvalue weighted by atomic mass is 16.5. The largest absolute Gasteiger partial charge is 0.475 e. The second kappa shape index (κ2) is 8.81. The molecule has 6 nitrogen and oxygen atoms in total. The van der Waals surface area contributed by atoms with E-state index >= 15 is 0 Å². The summed E-state index contributed by atoms with van der Waals surface area (Å²) in [6.45, 7) is 5.78. The minimum absolute atomic E-state index is 0.353. The van der Waals surface area contributed by atoms with E-state index in [1.807, 2.05) is 12.1 Å². The molecule has 2 unspecified atom stereocenters. The van der Waals surface area contributed by atoms with Crippen LogP contribution in [0.25, 0.3) is 0 Å². The predicted molar refractivity (Wildman–Crippen MR) is 81.9 cm³/mol. The highest BCUT2D eigenvalue weighted by molar-refractivity contribution is 5.42. The zero-order valence-corrected chi connectivity index (χ0v) is 12.8. The molecule has 2 rings (SSSR count). The number of nitrogens with one attached hydrogen (secondary N) is 2. The van der Waals surface area contributed by atoms with Crippen LogP contribution >= 0.6 is 0 Å². The summed E-state index contributed by atoms with van der Waals surface area (Å²) in [5.41, 5.74) is 0.998. The topological polar surface area (TPSA) is 64.6 Å². The molecule has 1 aromatic rings. The monoisotopic (exact) mass is 295 g/mol. The van der Waals surface area contributed by atoms with Gasteiger partial charge < -0.3 is 24.8 Å². The Labute approximate surface area is 126 Å². The van der Waals surface area contributed by atoms with Gasteiger partial charge in [-0.15, -0.1) is 0 Å². The van der Waals surface area contributed by atoms with Crippen molar-refractivity contribution >= 4 is 5.69 Å². The number of rotatable bonds is 8. The van der Waals surface area contributed by atoms with Gasteiger partial charge in [0.05, 0.1) is 31.7 Å². The fraction of sp³-hybridized carbons (Fsp3) is 0.667. The first-order chi connectivity index (χ1) is 10.3. The molecule has 6 heteroatoms. The predicted octanol–water partition coefficient (Wildman–Crippen LogP) is 1.29. The Morgan fingerprint density at radius 2 is 2.38 bits per heavy atom. The molecule has 2 atom stereocenters. The van der Waals surface area contributed by atoms with Crippen molar-refractivity contribution in [2.75, 3.05) is 45.4 Å². The molecule has 1 aromatic heterocycles. The molecule has 1 fully saturated rings. The second-order valence-electron chi connectivity index (χ2n) is 5.23. The highest BCUT2D eigenvalue weighted by Gasteiger charge is 2.16. The molecule has 0 spiro atoms. The van der Waals surface area contributed by atoms with E-state index in [4.69, 9.17) is 14.2 Å². The maximum Gasteiger partial charge on any atom is 0.213 e. The van der Waals surface area contributed by atoms with Crippen LogP contribution in [0.5, 0.6) is 5.88 Å². The summed E-state index contributed by atoms with van der Waals surface area (Å²) >= 11 is 0. The Kier molecular flexibility index (Phi) is 6.72. The molecule has 0 bridgehead atoms. The number of pyridine rings is 1. The minimum Gasteiger partial charge on any atom is -0.475 e. The molecule has 1 aliphatic heterocycles. The zero-order chi connectivity index (χ0) is 14.9. The lowest BCUT2D eigenvalue weighted by atomic mass is 10.1. The summed E-state index contributed by atoms with van der Waals surface area (Å²) in [4.78, 5) is 4.27. The van der Waals surface area contributed by atoms with E-state index in [1.54, 1.807) is 13.3 Å². The van der Waals surface area contributed by atoms with Gasteiger partial charge in [0.2, 0.25) is 5.88 Å². The first-order valence-electron chi connectivity index (χ1n) is 7.43. The third-order valence-corrected chi connectivity index (χ3v) is 3.32. The van der Waals surface area contributed by atoms with Gasteiger partial charge in [-0.3, -0.25) is 0 Å². The summed E-state index contributed by atoms with van der Waals surface area (Å²) in [6, 6.07) is 4.63. The van der Waals surface area contributed by atoms with E-state index in [-0.39, 0.29) is 0 Å². The Morgan fingerprint density at radius 1 is 1.48 bits per heavy atom. The number of methoxy groups -OCH3 is 1. The molecular formula is C15H25N3O3. The fourth-order valence-electron chi connectivity index (χ4n) is 2.32. The lowest BCUT2D eigenvalue weighted by Gasteiger charge is -2.27. The van der Waals surface area contributed by atoms with Gasteiger partial charge in [-0.1, -0.05) is 0 Å². The van der Waals surface area contributed by atoms with Crippen LogP contribution < -0.4 is 15.4 Å².